The summed E-state index contributed by atoms with van der Waals surface area (Å²) in [6, 6.07) is 0. The van der Waals surface area contributed by atoms with Gasteiger partial charge in [-0.15, -0.1) is 0 Å². The maximum Gasteiger partial charge on any atom is 1.00 e. The average molecular weight is 266 g/mol. The Hall–Kier alpha value is 0.950. The van der Waals surface area contributed by atoms with Crippen LogP contribution in [-0.2, 0) is 13.8 Å². The Morgan fingerprint density at radius 1 is 1.44 bits per heavy atom. The van der Waals surface area contributed by atoms with Gasteiger partial charge in [-0.05, 0) is 0 Å². The van der Waals surface area contributed by atoms with Gasteiger partial charge in [-0.3, -0.25) is 4.57 Å². The number of hydrogen-bond acceptors (Lipinski definition) is 7. The Morgan fingerprint density at radius 2 is 2.00 bits per heavy atom. The van der Waals surface area contributed by atoms with Crippen molar-refractivity contribution < 1.29 is 68.5 Å². The van der Waals surface area contributed by atoms with Crippen molar-refractivity contribution in [1.29, 1.82) is 0 Å². The third-order valence-corrected chi connectivity index (χ3v) is 2.43. The number of phosphoric ester groups is 1. The van der Waals surface area contributed by atoms with Gasteiger partial charge in [-0.2, -0.15) is 0 Å². The molecule has 0 radical (unpaired) electrons. The summed E-state index contributed by atoms with van der Waals surface area (Å²) in [5, 5.41) is 27.5. The fourth-order valence-corrected chi connectivity index (χ4v) is 1.57. The van der Waals surface area contributed by atoms with Gasteiger partial charge in [0.2, 0.25) is 0 Å². The van der Waals surface area contributed by atoms with Crippen molar-refractivity contribution in [3.05, 3.63) is 0 Å². The van der Waals surface area contributed by atoms with E-state index >= 15 is 0 Å². The molecular weight excluding hydrogens is 254 g/mol. The van der Waals surface area contributed by atoms with Gasteiger partial charge < -0.3 is 34.4 Å². The van der Waals surface area contributed by atoms with E-state index in [9.17, 15) is 19.7 Å². The molecule has 2 unspecified atom stereocenters. The van der Waals surface area contributed by atoms with Gasteiger partial charge in [0.25, 0.3) is 7.82 Å². The normalized spacial score (nSPS) is 38.6. The van der Waals surface area contributed by atoms with E-state index < -0.39 is 39.0 Å². The predicted molar refractivity (Wildman–Crippen MR) is 43.3 cm³/mol. The van der Waals surface area contributed by atoms with Crippen LogP contribution in [0.3, 0.4) is 0 Å². The molecule has 0 saturated carbocycles. The monoisotopic (exact) mass is 266 g/mol. The molecule has 16 heavy (non-hydrogen) atoms. The van der Waals surface area contributed by atoms with Gasteiger partial charge in [0.05, 0.1) is 12.7 Å². The topological polar surface area (TPSA) is 140 Å². The molecule has 1 aliphatic rings. The summed E-state index contributed by atoms with van der Waals surface area (Å²) in [6.07, 6.45) is -5.29. The Morgan fingerprint density at radius 3 is 2.50 bits per heavy atom. The van der Waals surface area contributed by atoms with E-state index in [1.165, 1.54) is 0 Å². The molecule has 1 fully saturated rings. The first kappa shape index (κ1) is 16.9. The maximum absolute atomic E-state index is 10.2. The van der Waals surface area contributed by atoms with Crippen LogP contribution >= 0.6 is 7.82 Å². The van der Waals surface area contributed by atoms with Crippen LogP contribution in [0.1, 0.15) is 6.42 Å². The minimum atomic E-state index is -4.90. The van der Waals surface area contributed by atoms with E-state index in [0.29, 0.717) is 0 Å². The number of phosphoric acid groups is 1. The molecule has 5 atom stereocenters. The molecule has 0 bridgehead atoms. The van der Waals surface area contributed by atoms with Crippen LogP contribution in [0.25, 0.3) is 0 Å². The van der Waals surface area contributed by atoms with Crippen LogP contribution < -0.4 is 34.5 Å². The van der Waals surface area contributed by atoms with Crippen LogP contribution in [0.4, 0.5) is 0 Å². The Labute approximate surface area is 114 Å². The van der Waals surface area contributed by atoms with E-state index in [0.717, 1.165) is 0 Å². The summed E-state index contributed by atoms with van der Waals surface area (Å²) in [6.45, 7) is -0.674. The molecule has 4 N–H and O–H groups in total. The maximum atomic E-state index is 10.2. The zero-order chi connectivity index (χ0) is 11.6. The summed E-state index contributed by atoms with van der Waals surface area (Å²) in [5.41, 5.74) is 0. The van der Waals surface area contributed by atoms with Crippen molar-refractivity contribution in [2.24, 2.45) is 0 Å². The molecule has 0 aromatic rings. The first-order chi connectivity index (χ1) is 6.79. The van der Waals surface area contributed by atoms with E-state index in [2.05, 4.69) is 4.52 Å². The third-order valence-electron chi connectivity index (χ3n) is 1.95. The molecule has 1 heterocycles. The Kier molecular flexibility index (Phi) is 7.17. The third kappa shape index (κ3) is 5.52. The van der Waals surface area contributed by atoms with Crippen molar-refractivity contribution in [3.8, 4) is 0 Å². The van der Waals surface area contributed by atoms with Gasteiger partial charge in [-0.25, -0.2) is 0 Å². The van der Waals surface area contributed by atoms with Gasteiger partial charge in [0.1, 0.15) is 12.2 Å². The quantitative estimate of drug-likeness (QED) is 0.293. The number of aliphatic hydroxyl groups is 3. The van der Waals surface area contributed by atoms with Gasteiger partial charge in [0, 0.05) is 6.42 Å². The van der Waals surface area contributed by atoms with Crippen LogP contribution in [0.15, 0.2) is 0 Å². The summed E-state index contributed by atoms with van der Waals surface area (Å²) in [5.74, 6) is 0. The SMILES string of the molecule is O=P([O-])(O)OC[C@H]1OC(O)C[C@@H](O)[C@@H]1O.[Na+]. The molecule has 1 rings (SSSR count). The Balaban J connectivity index is 0.00000225. The molecule has 0 spiro atoms. The largest absolute Gasteiger partial charge is 1.00 e. The molecule has 0 amide bonds. The second kappa shape index (κ2) is 6.77. The molecule has 10 heteroatoms. The molecule has 90 valence electrons. The summed E-state index contributed by atoms with van der Waals surface area (Å²) < 4.78 is 18.9. The van der Waals surface area contributed by atoms with Crippen molar-refractivity contribution >= 4 is 7.82 Å². The minimum Gasteiger partial charge on any atom is -0.756 e. The van der Waals surface area contributed by atoms with Crippen molar-refractivity contribution in [2.45, 2.75) is 31.0 Å². The van der Waals surface area contributed by atoms with Crippen LogP contribution in [0.5, 0.6) is 0 Å². The summed E-state index contributed by atoms with van der Waals surface area (Å²) >= 11 is 0. The molecule has 0 aliphatic carbocycles. The fraction of sp³-hybridized carbons (Fsp3) is 1.00. The van der Waals surface area contributed by atoms with Gasteiger partial charge >= 0.3 is 29.6 Å². The zero-order valence-electron chi connectivity index (χ0n) is 8.59. The smallest absolute Gasteiger partial charge is 0.756 e. The summed E-state index contributed by atoms with van der Waals surface area (Å²) in [4.78, 5) is 18.5. The fourth-order valence-electron chi connectivity index (χ4n) is 1.24. The number of hydrogen-bond donors (Lipinski definition) is 4. The minimum absolute atomic E-state index is 0. The van der Waals surface area contributed by atoms with Crippen LogP contribution in [0, 0.1) is 0 Å². The molecule has 0 aromatic heterocycles. The molecule has 0 aromatic carbocycles. The predicted octanol–water partition coefficient (Wildman–Crippen LogP) is -5.70. The second-order valence-electron chi connectivity index (χ2n) is 3.19. The van der Waals surface area contributed by atoms with Crippen LogP contribution in [0.2, 0.25) is 0 Å². The van der Waals surface area contributed by atoms with E-state index in [4.69, 9.17) is 14.7 Å². The molecule has 1 aliphatic heterocycles. The molecular formula is C6H12NaO8P. The molecule has 8 nitrogen and oxygen atoms in total. The van der Waals surface area contributed by atoms with Crippen LogP contribution in [-0.4, -0.2) is 51.4 Å². The number of ether oxygens (including phenoxy) is 1. The van der Waals surface area contributed by atoms with Crippen molar-refractivity contribution in [3.63, 3.8) is 0 Å². The van der Waals surface area contributed by atoms with E-state index in [-0.39, 0.29) is 36.0 Å². The summed E-state index contributed by atoms with van der Waals surface area (Å²) in [7, 11) is -4.90. The first-order valence-corrected chi connectivity index (χ1v) is 5.67. The van der Waals surface area contributed by atoms with Gasteiger partial charge in [0.15, 0.2) is 6.29 Å². The number of aliphatic hydroxyl groups excluding tert-OH is 3. The number of rotatable bonds is 3. The van der Waals surface area contributed by atoms with E-state index in [1.807, 2.05) is 0 Å². The van der Waals surface area contributed by atoms with Gasteiger partial charge in [-0.1, -0.05) is 0 Å². The Bertz CT molecular complexity index is 257. The standard InChI is InChI=1S/C6H13O8P.Na/c7-3-1-5(8)14-4(6(3)9)2-13-15(10,11)12;/h3-9H,1-2H2,(H2,10,11,12);/q;+1/p-1/t3-,4-,5?,6+;/m1./s1. The van der Waals surface area contributed by atoms with E-state index in [1.54, 1.807) is 0 Å². The van der Waals surface area contributed by atoms with Crippen molar-refractivity contribution in [2.75, 3.05) is 6.61 Å². The van der Waals surface area contributed by atoms with Crippen molar-refractivity contribution in [1.82, 2.24) is 0 Å². The average Bonchev–Trinajstić information content (AvgIpc) is 2.07. The molecule has 1 saturated heterocycles. The first-order valence-electron chi connectivity index (χ1n) is 4.17. The zero-order valence-corrected chi connectivity index (χ0v) is 11.5. The second-order valence-corrected chi connectivity index (χ2v) is 4.38.